The van der Waals surface area contributed by atoms with Gasteiger partial charge < -0.3 is 45.6 Å². The van der Waals surface area contributed by atoms with Crippen molar-refractivity contribution in [2.45, 2.75) is 128 Å². The van der Waals surface area contributed by atoms with Gasteiger partial charge in [-0.3, -0.25) is 0 Å². The van der Waals surface area contributed by atoms with Gasteiger partial charge in [0.2, 0.25) is 0 Å². The molecule has 11 atom stereocenters. The Balaban J connectivity index is 2.98. The fourth-order valence-corrected chi connectivity index (χ4v) is 5.31. The summed E-state index contributed by atoms with van der Waals surface area (Å²) in [5.41, 5.74) is 0. The van der Waals surface area contributed by atoms with Crippen LogP contribution in [0.1, 0.15) is 72.6 Å². The lowest BCUT2D eigenvalue weighted by atomic mass is 9.90. The summed E-state index contributed by atoms with van der Waals surface area (Å²) in [6, 6.07) is 0. The summed E-state index contributed by atoms with van der Waals surface area (Å²) in [7, 11) is 0. The highest BCUT2D eigenvalue weighted by Gasteiger charge is 2.27. The molecule has 10 heteroatoms. The van der Waals surface area contributed by atoms with Gasteiger partial charge in [-0.05, 0) is 44.4 Å². The van der Waals surface area contributed by atoms with Crippen molar-refractivity contribution in [1.29, 1.82) is 0 Å². The maximum Gasteiger partial charge on any atom is 0.331 e. The zero-order valence-electron chi connectivity index (χ0n) is 27.7. The number of hydrogen-bond acceptors (Lipinski definition) is 10. The van der Waals surface area contributed by atoms with Gasteiger partial charge in [0.1, 0.15) is 6.10 Å². The molecule has 1 rings (SSSR count). The first-order chi connectivity index (χ1) is 21.7. The minimum atomic E-state index is -1.10. The van der Waals surface area contributed by atoms with Crippen LogP contribution in [0.4, 0.5) is 0 Å². The van der Waals surface area contributed by atoms with E-state index in [1.165, 1.54) is 12.2 Å². The predicted octanol–water partition coefficient (Wildman–Crippen LogP) is 2.80. The summed E-state index contributed by atoms with van der Waals surface area (Å²) in [5.74, 6) is -1.25. The molecule has 0 saturated carbocycles. The summed E-state index contributed by atoms with van der Waals surface area (Å²) >= 11 is 0. The molecule has 0 radical (unpaired) electrons. The third kappa shape index (κ3) is 18.7. The van der Waals surface area contributed by atoms with Gasteiger partial charge in [0, 0.05) is 24.3 Å². The minimum Gasteiger partial charge on any atom is -0.458 e. The van der Waals surface area contributed by atoms with Crippen LogP contribution in [0.2, 0.25) is 0 Å². The first-order valence-electron chi connectivity index (χ1n) is 16.4. The van der Waals surface area contributed by atoms with Crippen molar-refractivity contribution in [1.82, 2.24) is 0 Å². The number of esters is 1. The predicted molar refractivity (Wildman–Crippen MR) is 178 cm³/mol. The number of hydrogen-bond donors (Lipinski definition) is 8. The van der Waals surface area contributed by atoms with Crippen molar-refractivity contribution in [2.24, 2.45) is 17.8 Å². The fraction of sp³-hybridized carbons (Fsp3) is 0.639. The highest BCUT2D eigenvalue weighted by Crippen LogP contribution is 2.22. The summed E-state index contributed by atoms with van der Waals surface area (Å²) in [6.07, 6.45) is 11.3. The number of carbonyl (C=O) groups excluding carboxylic acids is 1. The zero-order chi connectivity index (χ0) is 34.6. The van der Waals surface area contributed by atoms with Crippen LogP contribution >= 0.6 is 0 Å². The Kier molecular flexibility index (Phi) is 20.8. The molecule has 46 heavy (non-hydrogen) atoms. The number of aliphatic hydroxyl groups excluding tert-OH is 8. The molecule has 10 nitrogen and oxygen atoms in total. The molecular weight excluding hydrogens is 592 g/mol. The second-order valence-electron chi connectivity index (χ2n) is 12.8. The van der Waals surface area contributed by atoms with Crippen molar-refractivity contribution >= 4 is 5.97 Å². The lowest BCUT2D eigenvalue weighted by Gasteiger charge is -2.26. The van der Waals surface area contributed by atoms with Gasteiger partial charge in [0.05, 0.1) is 48.8 Å². The summed E-state index contributed by atoms with van der Waals surface area (Å²) in [5, 5.41) is 83.2. The van der Waals surface area contributed by atoms with Crippen LogP contribution in [0.3, 0.4) is 0 Å². The van der Waals surface area contributed by atoms with E-state index in [2.05, 4.69) is 0 Å². The maximum atomic E-state index is 12.4. The Hall–Kier alpha value is -2.41. The Morgan fingerprint density at radius 2 is 1.07 bits per heavy atom. The van der Waals surface area contributed by atoms with Crippen LogP contribution in [0, 0.1) is 17.8 Å². The number of allylic oxidation sites excluding steroid dienone is 8. The second-order valence-corrected chi connectivity index (χ2v) is 12.8. The van der Waals surface area contributed by atoms with Crippen molar-refractivity contribution < 1.29 is 50.4 Å². The number of carbonyl (C=O) groups is 1. The van der Waals surface area contributed by atoms with E-state index in [0.29, 0.717) is 6.42 Å². The van der Waals surface area contributed by atoms with E-state index in [9.17, 15) is 45.6 Å². The van der Waals surface area contributed by atoms with Gasteiger partial charge >= 0.3 is 5.97 Å². The molecule has 1 aliphatic rings. The molecule has 262 valence electrons. The zero-order valence-corrected chi connectivity index (χ0v) is 27.7. The van der Waals surface area contributed by atoms with E-state index < -0.39 is 66.8 Å². The van der Waals surface area contributed by atoms with Gasteiger partial charge in [-0.25, -0.2) is 4.79 Å². The second kappa shape index (κ2) is 23.0. The molecule has 0 saturated heterocycles. The van der Waals surface area contributed by atoms with E-state index in [4.69, 9.17) is 4.74 Å². The van der Waals surface area contributed by atoms with E-state index in [0.717, 1.165) is 0 Å². The first-order valence-corrected chi connectivity index (χ1v) is 16.4. The Morgan fingerprint density at radius 1 is 0.609 bits per heavy atom. The summed E-state index contributed by atoms with van der Waals surface area (Å²) < 4.78 is 5.65. The summed E-state index contributed by atoms with van der Waals surface area (Å²) in [6.45, 7) is 7.40. The maximum absolute atomic E-state index is 12.4. The number of aliphatic hydroxyl groups is 8. The average molecular weight is 651 g/mol. The molecule has 0 fully saturated rings. The van der Waals surface area contributed by atoms with Gasteiger partial charge in [0.25, 0.3) is 0 Å². The van der Waals surface area contributed by atoms with Gasteiger partial charge in [0.15, 0.2) is 0 Å². The van der Waals surface area contributed by atoms with E-state index in [1.807, 2.05) is 20.8 Å². The van der Waals surface area contributed by atoms with E-state index in [1.54, 1.807) is 67.7 Å². The first kappa shape index (κ1) is 41.6. The minimum absolute atomic E-state index is 0.00324. The molecule has 0 aliphatic carbocycles. The topological polar surface area (TPSA) is 188 Å². The van der Waals surface area contributed by atoms with E-state index >= 15 is 0 Å². The molecule has 0 aromatic carbocycles. The highest BCUT2D eigenvalue weighted by atomic mass is 16.5. The lowest BCUT2D eigenvalue weighted by molar-refractivity contribution is -0.147. The monoisotopic (exact) mass is 650 g/mol. The molecule has 0 amide bonds. The third-order valence-electron chi connectivity index (χ3n) is 8.01. The highest BCUT2D eigenvalue weighted by molar-refractivity contribution is 5.82. The van der Waals surface area contributed by atoms with Crippen LogP contribution in [0.5, 0.6) is 0 Å². The molecule has 1 aliphatic heterocycles. The Labute approximate surface area is 274 Å². The van der Waals surface area contributed by atoms with Crippen LogP contribution in [0.15, 0.2) is 72.9 Å². The smallest absolute Gasteiger partial charge is 0.331 e. The molecule has 0 aromatic rings. The van der Waals surface area contributed by atoms with Crippen molar-refractivity contribution in [3.8, 4) is 0 Å². The molecule has 0 spiro atoms. The molecule has 0 aromatic heterocycles. The Bertz CT molecular complexity index is 1020. The molecule has 0 bridgehead atoms. The van der Waals surface area contributed by atoms with Crippen LogP contribution < -0.4 is 0 Å². The normalized spacial score (nSPS) is 39.7. The Morgan fingerprint density at radius 3 is 1.59 bits per heavy atom. The van der Waals surface area contributed by atoms with Gasteiger partial charge in [-0.1, -0.05) is 94.5 Å². The lowest BCUT2D eigenvalue weighted by Crippen LogP contribution is -2.34. The molecule has 2 unspecified atom stereocenters. The van der Waals surface area contributed by atoms with Crippen LogP contribution in [0.25, 0.3) is 0 Å². The fourth-order valence-electron chi connectivity index (χ4n) is 5.31. The molecule has 1 heterocycles. The SMILES string of the molecule is CC(C)C1OC(=O)/C=C/C=C/C=C/C=C/C=C/C[C@H](O)[C@H](C)[C@H](O)C[C@H](O)C[C@H](O)CC(O)C[C@H](O)C[C@@H](O)C[C@@H](O)C=C[C@@H]1C. The van der Waals surface area contributed by atoms with Crippen LogP contribution in [-0.2, 0) is 9.53 Å². The molecule has 8 N–H and O–H groups in total. The van der Waals surface area contributed by atoms with Gasteiger partial charge in [-0.2, -0.15) is 0 Å². The average Bonchev–Trinajstić information content (AvgIpc) is 2.95. The number of ether oxygens (including phenoxy) is 1. The van der Waals surface area contributed by atoms with Gasteiger partial charge in [-0.15, -0.1) is 0 Å². The molecular formula is C36H58O10. The number of rotatable bonds is 1. The van der Waals surface area contributed by atoms with E-state index in [-0.39, 0.29) is 50.4 Å². The van der Waals surface area contributed by atoms with Crippen molar-refractivity contribution in [3.63, 3.8) is 0 Å². The van der Waals surface area contributed by atoms with Crippen molar-refractivity contribution in [3.05, 3.63) is 72.9 Å². The quantitative estimate of drug-likeness (QED) is 0.155. The van der Waals surface area contributed by atoms with Crippen LogP contribution in [-0.4, -0.2) is 102 Å². The number of cyclic esters (lactones) is 1. The third-order valence-corrected chi connectivity index (χ3v) is 8.01. The largest absolute Gasteiger partial charge is 0.458 e. The summed E-state index contributed by atoms with van der Waals surface area (Å²) in [4.78, 5) is 12.4. The van der Waals surface area contributed by atoms with Crippen molar-refractivity contribution in [2.75, 3.05) is 0 Å². The standard InChI is InChI=1S/C36H58O10/c1-24(2)36-25(3)16-17-27(37)18-28(38)19-29(39)20-30(40)21-31(41)22-32(42)23-34(44)26(4)33(43)14-12-10-8-6-5-7-9-11-13-15-35(45)46-36/h5-13,15-17,24-34,36-44H,14,18-23H2,1-4H3/b7-5+,8-6+,11-9+,12-10+,15-13+,17-16?/t25-,26-,27-,28-,29+,30?,31+,32+,33-,34+,36?/m0/s1.